The van der Waals surface area contributed by atoms with Crippen LogP contribution < -0.4 is 0 Å². The second-order valence-electron chi connectivity index (χ2n) is 2.14. The van der Waals surface area contributed by atoms with E-state index >= 15 is 0 Å². The Kier molecular flexibility index (Phi) is 3.49. The van der Waals surface area contributed by atoms with Gasteiger partial charge in [-0.1, -0.05) is 6.92 Å². The summed E-state index contributed by atoms with van der Waals surface area (Å²) in [7, 11) is -3.34. The Hall–Kier alpha value is -0.600. The maximum absolute atomic E-state index is 11.0. The fourth-order valence-corrected chi connectivity index (χ4v) is 1.34. The van der Waals surface area contributed by atoms with Crippen LogP contribution in [0.4, 0.5) is 0 Å². The van der Waals surface area contributed by atoms with E-state index in [1.807, 2.05) is 0 Å². The first-order chi connectivity index (χ1) is 4.90. The van der Waals surface area contributed by atoms with Crippen molar-refractivity contribution in [1.29, 1.82) is 0 Å². The predicted octanol–water partition coefficient (Wildman–Crippen LogP) is 1.27. The van der Waals surface area contributed by atoms with Crippen molar-refractivity contribution in [3.63, 3.8) is 0 Å². The maximum Gasteiger partial charge on any atom is 0.328 e. The van der Waals surface area contributed by atoms with Crippen LogP contribution in [0.15, 0.2) is 11.4 Å². The number of carboxylic acids is 1. The molecule has 4 nitrogen and oxygen atoms in total. The number of rotatable bonds is 3. The molecule has 0 spiro atoms. The number of hydrogen-bond donors (Lipinski definition) is 2. The number of allylic oxidation sites excluding steroid dienone is 1. The van der Waals surface area contributed by atoms with Gasteiger partial charge in [-0.25, -0.2) is 4.79 Å². The molecule has 0 saturated heterocycles. The molecule has 0 aliphatic rings. The van der Waals surface area contributed by atoms with Crippen molar-refractivity contribution in [2.45, 2.75) is 13.8 Å². The molecule has 5 heteroatoms. The summed E-state index contributed by atoms with van der Waals surface area (Å²) in [4.78, 5) is 19.1. The standard InChI is InChI=1S/C6H11O4P/c1-3-11(9,10)5(2)4-6(7)8/h4H,3H2,1-2H3,(H,7,8)(H,9,10). The molecule has 0 aromatic carbocycles. The van der Waals surface area contributed by atoms with Crippen LogP contribution in [0.3, 0.4) is 0 Å². The first kappa shape index (κ1) is 10.4. The summed E-state index contributed by atoms with van der Waals surface area (Å²) in [6, 6.07) is 0. The molecule has 64 valence electrons. The van der Waals surface area contributed by atoms with Gasteiger partial charge in [-0.05, 0) is 6.92 Å². The van der Waals surface area contributed by atoms with Gasteiger partial charge in [-0.3, -0.25) is 4.57 Å². The smallest absolute Gasteiger partial charge is 0.328 e. The zero-order valence-electron chi connectivity index (χ0n) is 6.44. The average molecular weight is 178 g/mol. The van der Waals surface area contributed by atoms with Gasteiger partial charge in [0.25, 0.3) is 0 Å². The molecule has 0 rings (SSSR count). The first-order valence-electron chi connectivity index (χ1n) is 3.13. The van der Waals surface area contributed by atoms with Crippen LogP contribution in [0, 0.1) is 0 Å². The van der Waals surface area contributed by atoms with E-state index in [9.17, 15) is 9.36 Å². The highest BCUT2D eigenvalue weighted by molar-refractivity contribution is 7.62. The van der Waals surface area contributed by atoms with Crippen molar-refractivity contribution in [3.8, 4) is 0 Å². The lowest BCUT2D eigenvalue weighted by Gasteiger charge is -2.07. The fraction of sp³-hybridized carbons (Fsp3) is 0.500. The van der Waals surface area contributed by atoms with E-state index in [0.717, 1.165) is 6.08 Å². The van der Waals surface area contributed by atoms with Crippen LogP contribution in [-0.4, -0.2) is 22.1 Å². The molecule has 1 atom stereocenters. The minimum Gasteiger partial charge on any atom is -0.478 e. The van der Waals surface area contributed by atoms with Gasteiger partial charge < -0.3 is 10.00 Å². The number of carboxylic acid groups (broad SMARTS) is 1. The zero-order valence-corrected chi connectivity index (χ0v) is 7.34. The summed E-state index contributed by atoms with van der Waals surface area (Å²) in [5.41, 5.74) is 0. The van der Waals surface area contributed by atoms with Crippen molar-refractivity contribution in [2.24, 2.45) is 0 Å². The quantitative estimate of drug-likeness (QED) is 0.504. The van der Waals surface area contributed by atoms with Gasteiger partial charge in [-0.2, -0.15) is 0 Å². The lowest BCUT2D eigenvalue weighted by Crippen LogP contribution is -1.92. The van der Waals surface area contributed by atoms with Gasteiger partial charge >= 0.3 is 5.97 Å². The molecule has 0 heterocycles. The molecular weight excluding hydrogens is 167 g/mol. The molecule has 0 radical (unpaired) electrons. The van der Waals surface area contributed by atoms with E-state index in [2.05, 4.69) is 0 Å². The average Bonchev–Trinajstić information content (AvgIpc) is 1.86. The molecule has 0 aliphatic heterocycles. The van der Waals surface area contributed by atoms with Crippen molar-refractivity contribution in [1.82, 2.24) is 0 Å². The van der Waals surface area contributed by atoms with Crippen molar-refractivity contribution < 1.29 is 19.4 Å². The number of aliphatic carboxylic acids is 1. The summed E-state index contributed by atoms with van der Waals surface area (Å²) in [5, 5.41) is 8.27. The normalized spacial score (nSPS) is 17.5. The Labute approximate surface area is 65.0 Å². The SMILES string of the molecule is CCP(=O)(O)C(C)=CC(=O)O. The number of hydrogen-bond acceptors (Lipinski definition) is 2. The van der Waals surface area contributed by atoms with E-state index in [1.54, 1.807) is 6.92 Å². The molecule has 0 amide bonds. The van der Waals surface area contributed by atoms with E-state index in [0.29, 0.717) is 0 Å². The van der Waals surface area contributed by atoms with E-state index in [1.165, 1.54) is 6.92 Å². The molecule has 1 unspecified atom stereocenters. The Morgan fingerprint density at radius 3 is 2.36 bits per heavy atom. The van der Waals surface area contributed by atoms with Crippen molar-refractivity contribution in [3.05, 3.63) is 11.4 Å². The van der Waals surface area contributed by atoms with E-state index in [-0.39, 0.29) is 11.5 Å². The monoisotopic (exact) mass is 178 g/mol. The molecule has 0 fully saturated rings. The molecule has 2 N–H and O–H groups in total. The molecule has 0 aliphatic carbocycles. The lowest BCUT2D eigenvalue weighted by atomic mass is 10.5. The summed E-state index contributed by atoms with van der Waals surface area (Å²) < 4.78 is 11.0. The Balaban J connectivity index is 4.61. The van der Waals surface area contributed by atoms with Gasteiger partial charge in [0.1, 0.15) is 0 Å². The molecule has 11 heavy (non-hydrogen) atoms. The van der Waals surface area contributed by atoms with E-state index in [4.69, 9.17) is 10.00 Å². The van der Waals surface area contributed by atoms with Crippen LogP contribution in [-0.2, 0) is 9.36 Å². The Morgan fingerprint density at radius 1 is 1.64 bits per heavy atom. The van der Waals surface area contributed by atoms with Crippen molar-refractivity contribution in [2.75, 3.05) is 6.16 Å². The highest BCUT2D eigenvalue weighted by Crippen LogP contribution is 2.48. The molecule has 0 bridgehead atoms. The largest absolute Gasteiger partial charge is 0.478 e. The fourth-order valence-electron chi connectivity index (χ4n) is 0.529. The van der Waals surface area contributed by atoms with Crippen LogP contribution in [0.25, 0.3) is 0 Å². The zero-order chi connectivity index (χ0) is 9.07. The highest BCUT2D eigenvalue weighted by atomic mass is 31.2. The minimum absolute atomic E-state index is 0.0347. The molecule has 0 saturated carbocycles. The minimum atomic E-state index is -3.34. The van der Waals surface area contributed by atoms with Crippen LogP contribution in [0.2, 0.25) is 0 Å². The van der Waals surface area contributed by atoms with Gasteiger partial charge in [0.05, 0.1) is 0 Å². The summed E-state index contributed by atoms with van der Waals surface area (Å²) in [6.45, 7) is 2.89. The van der Waals surface area contributed by atoms with Crippen LogP contribution in [0.1, 0.15) is 13.8 Å². The van der Waals surface area contributed by atoms with Gasteiger partial charge in [0.15, 0.2) is 0 Å². The predicted molar refractivity (Wildman–Crippen MR) is 41.8 cm³/mol. The highest BCUT2D eigenvalue weighted by Gasteiger charge is 2.18. The Morgan fingerprint density at radius 2 is 2.09 bits per heavy atom. The first-order valence-corrected chi connectivity index (χ1v) is 4.98. The van der Waals surface area contributed by atoms with Crippen LogP contribution >= 0.6 is 7.37 Å². The third-order valence-corrected chi connectivity index (χ3v) is 3.40. The molecule has 0 aromatic rings. The molecule has 0 aromatic heterocycles. The van der Waals surface area contributed by atoms with Crippen LogP contribution in [0.5, 0.6) is 0 Å². The molecular formula is C6H11O4P. The maximum atomic E-state index is 11.0. The second kappa shape index (κ2) is 3.69. The lowest BCUT2D eigenvalue weighted by molar-refractivity contribution is -0.131. The van der Waals surface area contributed by atoms with E-state index < -0.39 is 13.3 Å². The van der Waals surface area contributed by atoms with Gasteiger partial charge in [0, 0.05) is 17.6 Å². The Bertz CT molecular complexity index is 231. The topological polar surface area (TPSA) is 74.6 Å². The summed E-state index contributed by atoms with van der Waals surface area (Å²) in [6.07, 6.45) is 0.840. The van der Waals surface area contributed by atoms with Gasteiger partial charge in [-0.15, -0.1) is 0 Å². The summed E-state index contributed by atoms with van der Waals surface area (Å²) >= 11 is 0. The number of carbonyl (C=O) groups is 1. The van der Waals surface area contributed by atoms with Gasteiger partial charge in [0.2, 0.25) is 7.37 Å². The third kappa shape index (κ3) is 3.35. The summed E-state index contributed by atoms with van der Waals surface area (Å²) in [5.74, 6) is -1.19. The van der Waals surface area contributed by atoms with Crippen molar-refractivity contribution >= 4 is 13.3 Å². The third-order valence-electron chi connectivity index (χ3n) is 1.31. The second-order valence-corrected chi connectivity index (χ2v) is 4.88.